The molecule has 5 nitrogen and oxygen atoms in total. The molecule has 6 heteroatoms. The second kappa shape index (κ2) is 10.0. The van der Waals surface area contributed by atoms with E-state index < -0.39 is 0 Å². The van der Waals surface area contributed by atoms with Gasteiger partial charge in [-0.05, 0) is 140 Å². The van der Waals surface area contributed by atoms with E-state index in [0.29, 0.717) is 34.7 Å². The quantitative estimate of drug-likeness (QED) is 0.378. The summed E-state index contributed by atoms with van der Waals surface area (Å²) in [6, 6.07) is 13.8. The van der Waals surface area contributed by atoms with Crippen LogP contribution in [0, 0.1) is 46.2 Å². The van der Waals surface area contributed by atoms with Crippen molar-refractivity contribution in [3.05, 3.63) is 71.8 Å². The molecule has 2 fully saturated rings. The van der Waals surface area contributed by atoms with Gasteiger partial charge in [0.1, 0.15) is 17.3 Å². The first-order valence-corrected chi connectivity index (χ1v) is 14.7. The van der Waals surface area contributed by atoms with Crippen molar-refractivity contribution in [1.29, 1.82) is 0 Å². The third-order valence-corrected chi connectivity index (χ3v) is 11.3. The van der Waals surface area contributed by atoms with E-state index in [1.165, 1.54) is 49.1 Å². The molecular formula is C33H42FN3O2. The maximum absolute atomic E-state index is 13.2. The largest absolute Gasteiger partial charge is 0.457 e. The van der Waals surface area contributed by atoms with E-state index in [-0.39, 0.29) is 23.8 Å². The van der Waals surface area contributed by atoms with Gasteiger partial charge in [-0.1, -0.05) is 20.8 Å². The number of aliphatic hydroxyl groups is 1. The first-order valence-electron chi connectivity index (χ1n) is 14.7. The average molecular weight is 532 g/mol. The zero-order valence-electron chi connectivity index (χ0n) is 23.4. The summed E-state index contributed by atoms with van der Waals surface area (Å²) in [4.78, 5) is 0. The Hall–Kier alpha value is -2.70. The highest BCUT2D eigenvalue weighted by Gasteiger charge is 2.57. The highest BCUT2D eigenvalue weighted by atomic mass is 19.1. The van der Waals surface area contributed by atoms with E-state index in [2.05, 4.69) is 20.8 Å². The van der Waals surface area contributed by atoms with Gasteiger partial charge in [-0.25, -0.2) is 9.07 Å². The smallest absolute Gasteiger partial charge is 0.127 e. The van der Waals surface area contributed by atoms with Gasteiger partial charge in [0.15, 0.2) is 0 Å². The standard InChI is InChI=1S/C33H42FN3O2/c1-21-4-13-29-28(18-35)30(14-15-32(21,29)2)33(3)17-22-19-36-37(31(22)16-23(33)20-38)25-7-11-27(12-8-25)39-26-9-5-24(34)6-10-26/h5-12,19,21,23,28-30,38H,4,13-18,20,35H2,1-3H3/t21-,23+,28-,29-,30-,32-,33+/m0/s1. The minimum Gasteiger partial charge on any atom is -0.457 e. The Morgan fingerprint density at radius 1 is 1.00 bits per heavy atom. The maximum Gasteiger partial charge on any atom is 0.127 e. The molecule has 6 rings (SSSR count). The van der Waals surface area contributed by atoms with E-state index in [4.69, 9.17) is 15.6 Å². The number of aliphatic hydroxyl groups excluding tert-OH is 1. The molecule has 2 saturated carbocycles. The first kappa shape index (κ1) is 26.5. The van der Waals surface area contributed by atoms with E-state index in [1.54, 1.807) is 12.1 Å². The van der Waals surface area contributed by atoms with Crippen molar-refractivity contribution in [1.82, 2.24) is 9.78 Å². The molecule has 7 atom stereocenters. The third kappa shape index (κ3) is 4.40. The Morgan fingerprint density at radius 2 is 1.67 bits per heavy atom. The average Bonchev–Trinajstić information content (AvgIpc) is 3.48. The fourth-order valence-electron chi connectivity index (χ4n) is 8.72. The summed E-state index contributed by atoms with van der Waals surface area (Å²) < 4.78 is 21.1. The lowest BCUT2D eigenvalue weighted by molar-refractivity contribution is -0.0691. The van der Waals surface area contributed by atoms with Crippen molar-refractivity contribution in [3.8, 4) is 17.2 Å². The van der Waals surface area contributed by atoms with Crippen LogP contribution in [0.25, 0.3) is 5.69 Å². The molecule has 0 unspecified atom stereocenters. The molecule has 0 saturated heterocycles. The summed E-state index contributed by atoms with van der Waals surface area (Å²) in [5.41, 5.74) is 10.4. The van der Waals surface area contributed by atoms with Crippen LogP contribution in [0.15, 0.2) is 54.7 Å². The number of nitrogens with two attached hydrogens (primary N) is 1. The number of benzene rings is 2. The van der Waals surface area contributed by atoms with Crippen molar-refractivity contribution < 1.29 is 14.2 Å². The highest BCUT2D eigenvalue weighted by molar-refractivity contribution is 5.42. The van der Waals surface area contributed by atoms with Crippen LogP contribution in [0.1, 0.15) is 57.7 Å². The van der Waals surface area contributed by atoms with Crippen molar-refractivity contribution in [2.24, 2.45) is 46.2 Å². The van der Waals surface area contributed by atoms with Gasteiger partial charge in [-0.2, -0.15) is 5.10 Å². The fraction of sp³-hybridized carbons (Fsp3) is 0.545. The molecule has 0 aliphatic heterocycles. The number of rotatable bonds is 6. The van der Waals surface area contributed by atoms with Crippen LogP contribution in [-0.4, -0.2) is 28.0 Å². The molecule has 39 heavy (non-hydrogen) atoms. The summed E-state index contributed by atoms with van der Waals surface area (Å²) in [7, 11) is 0. The van der Waals surface area contributed by atoms with Crippen molar-refractivity contribution >= 4 is 0 Å². The topological polar surface area (TPSA) is 73.3 Å². The number of hydrogen-bond donors (Lipinski definition) is 2. The summed E-state index contributed by atoms with van der Waals surface area (Å²) >= 11 is 0. The van der Waals surface area contributed by atoms with Gasteiger partial charge in [0.25, 0.3) is 0 Å². The third-order valence-electron chi connectivity index (χ3n) is 11.3. The summed E-state index contributed by atoms with van der Waals surface area (Å²) in [6.45, 7) is 8.29. The molecule has 3 aliphatic rings. The Balaban J connectivity index is 1.25. The van der Waals surface area contributed by atoms with Crippen LogP contribution in [0.2, 0.25) is 0 Å². The van der Waals surface area contributed by atoms with Gasteiger partial charge in [0.05, 0.1) is 11.9 Å². The molecule has 3 aromatic rings. The van der Waals surface area contributed by atoms with Crippen LogP contribution in [0.4, 0.5) is 4.39 Å². The number of nitrogens with zero attached hydrogens (tertiary/aromatic N) is 2. The summed E-state index contributed by atoms with van der Waals surface area (Å²) in [5.74, 6) is 3.65. The Bertz CT molecular complexity index is 1310. The van der Waals surface area contributed by atoms with Crippen molar-refractivity contribution in [2.75, 3.05) is 13.2 Å². The summed E-state index contributed by atoms with van der Waals surface area (Å²) in [6.07, 6.45) is 8.85. The Morgan fingerprint density at radius 3 is 2.33 bits per heavy atom. The molecule has 1 aromatic heterocycles. The second-order valence-corrected chi connectivity index (χ2v) is 13.0. The Labute approximate surface area is 231 Å². The maximum atomic E-state index is 13.2. The summed E-state index contributed by atoms with van der Waals surface area (Å²) in [5, 5.41) is 15.5. The normalized spacial score (nSPS) is 33.9. The van der Waals surface area contributed by atoms with Gasteiger partial charge in [-0.3, -0.25) is 0 Å². The van der Waals surface area contributed by atoms with Crippen LogP contribution >= 0.6 is 0 Å². The molecule has 2 aromatic carbocycles. The zero-order chi connectivity index (χ0) is 27.4. The molecule has 0 amide bonds. The number of aromatic nitrogens is 2. The molecule has 208 valence electrons. The van der Waals surface area contributed by atoms with E-state index in [1.807, 2.05) is 35.1 Å². The SMILES string of the molecule is C[C@H]1CC[C@H]2[C@H](CN)[C@@H]([C@]3(C)Cc4cnn(-c5ccc(Oc6ccc(F)cc6)cc5)c4C[C@@H]3CO)CC[C@@]12C. The molecule has 3 N–H and O–H groups in total. The van der Waals surface area contributed by atoms with Gasteiger partial charge in [0.2, 0.25) is 0 Å². The lowest BCUT2D eigenvalue weighted by Gasteiger charge is -2.56. The van der Waals surface area contributed by atoms with Crippen LogP contribution in [0.5, 0.6) is 11.5 Å². The van der Waals surface area contributed by atoms with Gasteiger partial charge < -0.3 is 15.6 Å². The number of hydrogen-bond acceptors (Lipinski definition) is 4. The number of halogens is 1. The predicted octanol–water partition coefficient (Wildman–Crippen LogP) is 6.55. The number of ether oxygens (including phenoxy) is 1. The first-order chi connectivity index (χ1) is 18.8. The molecule has 0 radical (unpaired) electrons. The van der Waals surface area contributed by atoms with E-state index in [0.717, 1.165) is 31.0 Å². The lowest BCUT2D eigenvalue weighted by Crippen LogP contribution is -2.53. The lowest BCUT2D eigenvalue weighted by atomic mass is 9.49. The predicted molar refractivity (Wildman–Crippen MR) is 151 cm³/mol. The van der Waals surface area contributed by atoms with Gasteiger partial charge >= 0.3 is 0 Å². The van der Waals surface area contributed by atoms with Gasteiger partial charge in [0, 0.05) is 12.3 Å². The molecule has 1 heterocycles. The molecule has 0 spiro atoms. The molecule has 0 bridgehead atoms. The minimum atomic E-state index is -0.285. The molecule has 3 aliphatic carbocycles. The fourth-order valence-corrected chi connectivity index (χ4v) is 8.72. The van der Waals surface area contributed by atoms with Crippen LogP contribution < -0.4 is 10.5 Å². The van der Waals surface area contributed by atoms with Crippen LogP contribution in [-0.2, 0) is 12.8 Å². The minimum absolute atomic E-state index is 0.000334. The van der Waals surface area contributed by atoms with Crippen molar-refractivity contribution in [3.63, 3.8) is 0 Å². The van der Waals surface area contributed by atoms with Crippen LogP contribution in [0.3, 0.4) is 0 Å². The zero-order valence-corrected chi connectivity index (χ0v) is 23.4. The van der Waals surface area contributed by atoms with Gasteiger partial charge in [-0.15, -0.1) is 0 Å². The highest BCUT2D eigenvalue weighted by Crippen LogP contribution is 2.63. The Kier molecular flexibility index (Phi) is 6.83. The number of fused-ring (bicyclic) bond motifs is 2. The van der Waals surface area contributed by atoms with E-state index in [9.17, 15) is 9.50 Å². The van der Waals surface area contributed by atoms with E-state index >= 15 is 0 Å². The van der Waals surface area contributed by atoms with Crippen molar-refractivity contribution in [2.45, 2.75) is 59.3 Å². The monoisotopic (exact) mass is 531 g/mol. The molecular weight excluding hydrogens is 489 g/mol. The second-order valence-electron chi connectivity index (χ2n) is 13.0.